The first-order chi connectivity index (χ1) is 5.83. The molecule has 0 amide bonds. The van der Waals surface area contributed by atoms with Gasteiger partial charge < -0.3 is 9.83 Å². The molecular formula is C9H15NOSi. The largest absolute Gasteiger partial charge is 0.409 e. The average Bonchev–Trinajstić information content (AvgIpc) is 2.16. The first kappa shape index (κ1) is 9.44. The van der Waals surface area contributed by atoms with E-state index in [1.165, 1.54) is 5.56 Å². The van der Waals surface area contributed by atoms with Gasteiger partial charge in [0.1, 0.15) is 0 Å². The first-order valence-corrected chi connectivity index (χ1v) is 6.10. The molecule has 0 bridgehead atoms. The van der Waals surface area contributed by atoms with Gasteiger partial charge in [-0.2, -0.15) is 0 Å². The highest BCUT2D eigenvalue weighted by molar-refractivity contribution is 6.47. The SMILES string of the molecule is CO[SiH](N)CCc1ccccc1. The van der Waals surface area contributed by atoms with Crippen molar-refractivity contribution < 1.29 is 4.43 Å². The molecule has 0 aliphatic heterocycles. The Kier molecular flexibility index (Phi) is 4.00. The van der Waals surface area contributed by atoms with Crippen LogP contribution in [0.15, 0.2) is 30.3 Å². The highest BCUT2D eigenvalue weighted by Gasteiger charge is 2.02. The monoisotopic (exact) mass is 181 g/mol. The van der Waals surface area contributed by atoms with Crippen LogP contribution in [0.3, 0.4) is 0 Å². The molecular weight excluding hydrogens is 166 g/mol. The van der Waals surface area contributed by atoms with E-state index in [1.807, 2.05) is 6.07 Å². The standard InChI is InChI=1S/C9H15NOSi/c1-11-12(10)8-7-9-5-3-2-4-6-9/h2-6,12H,7-8,10H2,1H3. The molecule has 0 spiro atoms. The second kappa shape index (κ2) is 5.08. The van der Waals surface area contributed by atoms with Crippen LogP contribution in [0.1, 0.15) is 5.56 Å². The third kappa shape index (κ3) is 3.17. The van der Waals surface area contributed by atoms with Crippen molar-refractivity contribution >= 4 is 9.20 Å². The van der Waals surface area contributed by atoms with Gasteiger partial charge in [0.15, 0.2) is 0 Å². The quantitative estimate of drug-likeness (QED) is 0.705. The van der Waals surface area contributed by atoms with Crippen LogP contribution in [0, 0.1) is 0 Å². The lowest BCUT2D eigenvalue weighted by atomic mass is 10.2. The summed E-state index contributed by atoms with van der Waals surface area (Å²) in [6.45, 7) is 0. The molecule has 1 atom stereocenters. The Balaban J connectivity index is 2.33. The summed E-state index contributed by atoms with van der Waals surface area (Å²) < 4.78 is 5.09. The van der Waals surface area contributed by atoms with Gasteiger partial charge in [0.05, 0.1) is 0 Å². The van der Waals surface area contributed by atoms with Crippen LogP contribution < -0.4 is 5.40 Å². The van der Waals surface area contributed by atoms with Gasteiger partial charge in [-0.3, -0.25) is 0 Å². The second-order valence-corrected chi connectivity index (χ2v) is 4.92. The second-order valence-electron chi connectivity index (χ2n) is 2.80. The van der Waals surface area contributed by atoms with Crippen molar-refractivity contribution in [3.63, 3.8) is 0 Å². The molecule has 0 aliphatic carbocycles. The van der Waals surface area contributed by atoms with Gasteiger partial charge in [-0.1, -0.05) is 30.3 Å². The lowest BCUT2D eigenvalue weighted by Crippen LogP contribution is -2.28. The highest BCUT2D eigenvalue weighted by Crippen LogP contribution is 2.03. The summed E-state index contributed by atoms with van der Waals surface area (Å²) in [5, 5.41) is 5.74. The van der Waals surface area contributed by atoms with Crippen molar-refractivity contribution in [2.45, 2.75) is 12.5 Å². The predicted octanol–water partition coefficient (Wildman–Crippen LogP) is 1.05. The molecule has 1 unspecified atom stereocenters. The van der Waals surface area contributed by atoms with Crippen molar-refractivity contribution in [3.05, 3.63) is 35.9 Å². The van der Waals surface area contributed by atoms with Crippen LogP contribution >= 0.6 is 0 Å². The summed E-state index contributed by atoms with van der Waals surface area (Å²) in [5.74, 6) is 0. The number of hydrogen-bond donors (Lipinski definition) is 1. The van der Waals surface area contributed by atoms with Crippen molar-refractivity contribution in [3.8, 4) is 0 Å². The van der Waals surface area contributed by atoms with Crippen LogP contribution in [-0.4, -0.2) is 16.3 Å². The minimum Gasteiger partial charge on any atom is -0.409 e. The summed E-state index contributed by atoms with van der Waals surface area (Å²) in [7, 11) is 0.345. The third-order valence-corrected chi connectivity index (χ3v) is 3.33. The molecule has 1 aromatic rings. The van der Waals surface area contributed by atoms with E-state index in [9.17, 15) is 0 Å². The predicted molar refractivity (Wildman–Crippen MR) is 53.3 cm³/mol. The van der Waals surface area contributed by atoms with Crippen LogP contribution in [0.4, 0.5) is 0 Å². The topological polar surface area (TPSA) is 35.2 Å². The normalized spacial score (nSPS) is 12.8. The Morgan fingerprint density at radius 2 is 2.00 bits per heavy atom. The molecule has 0 aliphatic rings. The minimum absolute atomic E-state index is 1.01. The maximum absolute atomic E-state index is 5.74. The smallest absolute Gasteiger partial charge is 0.249 e. The molecule has 0 saturated carbocycles. The molecule has 0 saturated heterocycles. The van der Waals surface area contributed by atoms with E-state index in [1.54, 1.807) is 7.11 Å². The number of hydrogen-bond acceptors (Lipinski definition) is 2. The Labute approximate surface area is 75.2 Å². The minimum atomic E-state index is -1.35. The summed E-state index contributed by atoms with van der Waals surface area (Å²) >= 11 is 0. The van der Waals surface area contributed by atoms with Gasteiger partial charge in [0, 0.05) is 7.11 Å². The lowest BCUT2D eigenvalue weighted by Gasteiger charge is -2.05. The van der Waals surface area contributed by atoms with E-state index < -0.39 is 9.20 Å². The van der Waals surface area contributed by atoms with E-state index in [0.717, 1.165) is 12.5 Å². The van der Waals surface area contributed by atoms with E-state index in [0.29, 0.717) is 0 Å². The molecule has 0 radical (unpaired) electrons. The molecule has 0 aromatic heterocycles. The Hall–Kier alpha value is -0.643. The van der Waals surface area contributed by atoms with Gasteiger partial charge in [0.25, 0.3) is 0 Å². The molecule has 1 rings (SSSR count). The van der Waals surface area contributed by atoms with E-state index in [-0.39, 0.29) is 0 Å². The lowest BCUT2D eigenvalue weighted by molar-refractivity contribution is 0.419. The Bertz CT molecular complexity index is 215. The molecule has 1 aromatic carbocycles. The van der Waals surface area contributed by atoms with Gasteiger partial charge in [-0.25, -0.2) is 0 Å². The van der Waals surface area contributed by atoms with Crippen molar-refractivity contribution in [2.24, 2.45) is 5.40 Å². The van der Waals surface area contributed by atoms with E-state index in [2.05, 4.69) is 24.3 Å². The fourth-order valence-electron chi connectivity index (χ4n) is 1.07. The van der Waals surface area contributed by atoms with E-state index >= 15 is 0 Å². The number of benzene rings is 1. The van der Waals surface area contributed by atoms with Gasteiger partial charge in [-0.15, -0.1) is 0 Å². The fraction of sp³-hybridized carbons (Fsp3) is 0.333. The number of nitrogens with two attached hydrogens (primary N) is 1. The maximum atomic E-state index is 5.74. The van der Waals surface area contributed by atoms with Crippen molar-refractivity contribution in [1.29, 1.82) is 0 Å². The summed E-state index contributed by atoms with van der Waals surface area (Å²) in [6, 6.07) is 11.4. The summed E-state index contributed by atoms with van der Waals surface area (Å²) in [6.07, 6.45) is 1.04. The number of aryl methyl sites for hydroxylation is 1. The molecule has 2 N–H and O–H groups in total. The van der Waals surface area contributed by atoms with Crippen LogP contribution in [-0.2, 0) is 10.8 Å². The van der Waals surface area contributed by atoms with Crippen molar-refractivity contribution in [1.82, 2.24) is 0 Å². The zero-order valence-electron chi connectivity index (χ0n) is 7.36. The average molecular weight is 181 g/mol. The highest BCUT2D eigenvalue weighted by atomic mass is 28.3. The summed E-state index contributed by atoms with van der Waals surface area (Å²) in [5.41, 5.74) is 1.34. The Morgan fingerprint density at radius 3 is 2.58 bits per heavy atom. The van der Waals surface area contributed by atoms with Crippen molar-refractivity contribution in [2.75, 3.05) is 7.11 Å². The van der Waals surface area contributed by atoms with Gasteiger partial charge >= 0.3 is 0 Å². The molecule has 0 fully saturated rings. The molecule has 2 nitrogen and oxygen atoms in total. The molecule has 66 valence electrons. The van der Waals surface area contributed by atoms with Crippen LogP contribution in [0.25, 0.3) is 0 Å². The van der Waals surface area contributed by atoms with Crippen LogP contribution in [0.2, 0.25) is 6.04 Å². The van der Waals surface area contributed by atoms with Crippen LogP contribution in [0.5, 0.6) is 0 Å². The summed E-state index contributed by atoms with van der Waals surface area (Å²) in [4.78, 5) is 0. The first-order valence-electron chi connectivity index (χ1n) is 4.15. The molecule has 3 heteroatoms. The zero-order valence-corrected chi connectivity index (χ0v) is 8.52. The molecule has 12 heavy (non-hydrogen) atoms. The third-order valence-electron chi connectivity index (χ3n) is 1.86. The van der Waals surface area contributed by atoms with E-state index in [4.69, 9.17) is 9.83 Å². The fourth-order valence-corrected chi connectivity index (χ4v) is 1.93. The van der Waals surface area contributed by atoms with Gasteiger partial charge in [-0.05, 0) is 18.0 Å². The maximum Gasteiger partial charge on any atom is 0.249 e. The van der Waals surface area contributed by atoms with Gasteiger partial charge in [0.2, 0.25) is 9.20 Å². The number of rotatable bonds is 4. The Morgan fingerprint density at radius 1 is 1.33 bits per heavy atom. The molecule has 0 heterocycles. The zero-order chi connectivity index (χ0) is 8.81.